The number of rotatable bonds is 1. The van der Waals surface area contributed by atoms with Crippen molar-refractivity contribution in [1.29, 1.82) is 0 Å². The maximum absolute atomic E-state index is 11.9. The minimum absolute atomic E-state index is 0.0660. The summed E-state index contributed by atoms with van der Waals surface area (Å²) in [5.74, 6) is 0.818. The van der Waals surface area contributed by atoms with E-state index in [2.05, 4.69) is 17.1 Å². The summed E-state index contributed by atoms with van der Waals surface area (Å²) in [6.07, 6.45) is 4.33. The second-order valence-electron chi connectivity index (χ2n) is 5.36. The van der Waals surface area contributed by atoms with Gasteiger partial charge < -0.3 is 11.1 Å². The Hall–Kier alpha value is -0.610. The fourth-order valence-corrected chi connectivity index (χ4v) is 2.97. The van der Waals surface area contributed by atoms with Gasteiger partial charge in [0.05, 0.1) is 6.04 Å². The summed E-state index contributed by atoms with van der Waals surface area (Å²) in [4.78, 5) is 14.2. The van der Waals surface area contributed by atoms with E-state index < -0.39 is 0 Å². The second kappa shape index (κ2) is 5.15. The molecule has 2 fully saturated rings. The number of nitrogens with one attached hydrogen (secondary N) is 1. The van der Waals surface area contributed by atoms with Gasteiger partial charge in [-0.15, -0.1) is 0 Å². The van der Waals surface area contributed by atoms with Gasteiger partial charge in [-0.25, -0.2) is 0 Å². The van der Waals surface area contributed by atoms with Crippen LogP contribution in [0.1, 0.15) is 32.6 Å². The Morgan fingerprint density at radius 2 is 2.19 bits per heavy atom. The molecule has 2 saturated heterocycles. The number of hydrogen-bond acceptors (Lipinski definition) is 3. The van der Waals surface area contributed by atoms with Crippen LogP contribution >= 0.6 is 0 Å². The maximum Gasteiger partial charge on any atom is 0.237 e. The van der Waals surface area contributed by atoms with Gasteiger partial charge in [-0.2, -0.15) is 0 Å². The van der Waals surface area contributed by atoms with Gasteiger partial charge in [0, 0.05) is 25.7 Å². The van der Waals surface area contributed by atoms with Gasteiger partial charge in [-0.3, -0.25) is 9.69 Å². The molecule has 2 heterocycles. The first-order valence-electron chi connectivity index (χ1n) is 6.44. The molecule has 3 N–H and O–H groups in total. The summed E-state index contributed by atoms with van der Waals surface area (Å²) in [5.41, 5.74) is 6.03. The highest BCUT2D eigenvalue weighted by Gasteiger charge is 2.32. The third-order valence-electron chi connectivity index (χ3n) is 3.67. The number of carbonyl (C=O) groups is 1. The molecule has 2 aliphatic heterocycles. The molecule has 3 unspecified atom stereocenters. The highest BCUT2D eigenvalue weighted by Crippen LogP contribution is 2.21. The number of nitrogens with zero attached hydrogens (tertiary/aromatic N) is 1. The first-order chi connectivity index (χ1) is 7.66. The van der Waals surface area contributed by atoms with Crippen LogP contribution in [-0.4, -0.2) is 42.5 Å². The van der Waals surface area contributed by atoms with Gasteiger partial charge in [0.2, 0.25) is 5.91 Å². The van der Waals surface area contributed by atoms with Crippen LogP contribution < -0.4 is 11.1 Å². The van der Waals surface area contributed by atoms with Crippen molar-refractivity contribution in [1.82, 2.24) is 10.2 Å². The summed E-state index contributed by atoms with van der Waals surface area (Å²) in [6.45, 7) is 4.96. The number of amides is 1. The summed E-state index contributed by atoms with van der Waals surface area (Å²) in [5, 5.41) is 3.00. The predicted molar refractivity (Wildman–Crippen MR) is 64.0 cm³/mol. The van der Waals surface area contributed by atoms with Crippen molar-refractivity contribution in [2.45, 2.75) is 44.7 Å². The molecule has 0 aromatic carbocycles. The van der Waals surface area contributed by atoms with Crippen LogP contribution in [-0.2, 0) is 4.79 Å². The number of piperidine rings is 1. The van der Waals surface area contributed by atoms with Crippen LogP contribution in [0.15, 0.2) is 0 Å². The van der Waals surface area contributed by atoms with E-state index in [1.807, 2.05) is 0 Å². The molecule has 2 rings (SSSR count). The number of likely N-dealkylation sites (tertiary alicyclic amines) is 1. The Bertz CT molecular complexity index is 247. The van der Waals surface area contributed by atoms with Crippen LogP contribution in [0.25, 0.3) is 0 Å². The van der Waals surface area contributed by atoms with E-state index in [0.29, 0.717) is 5.92 Å². The molecule has 0 spiro atoms. The molecule has 0 saturated carbocycles. The molecule has 4 heteroatoms. The average molecular weight is 225 g/mol. The van der Waals surface area contributed by atoms with Gasteiger partial charge in [0.15, 0.2) is 0 Å². The molecule has 0 aromatic rings. The molecular formula is C12H23N3O. The lowest BCUT2D eigenvalue weighted by atomic mass is 9.94. The van der Waals surface area contributed by atoms with Gasteiger partial charge in [0.25, 0.3) is 0 Å². The minimum Gasteiger partial charge on any atom is -0.355 e. The van der Waals surface area contributed by atoms with Crippen LogP contribution in [0, 0.1) is 5.92 Å². The Kier molecular flexibility index (Phi) is 3.82. The third kappa shape index (κ3) is 2.74. The Morgan fingerprint density at radius 3 is 2.94 bits per heavy atom. The molecular weight excluding hydrogens is 202 g/mol. The largest absolute Gasteiger partial charge is 0.355 e. The third-order valence-corrected chi connectivity index (χ3v) is 3.67. The van der Waals surface area contributed by atoms with Gasteiger partial charge in [0.1, 0.15) is 0 Å². The zero-order chi connectivity index (χ0) is 11.5. The van der Waals surface area contributed by atoms with E-state index >= 15 is 0 Å². The van der Waals surface area contributed by atoms with Crippen molar-refractivity contribution < 1.29 is 4.79 Å². The summed E-state index contributed by atoms with van der Waals surface area (Å²) in [7, 11) is 0. The molecule has 92 valence electrons. The highest BCUT2D eigenvalue weighted by atomic mass is 16.2. The first-order valence-corrected chi connectivity index (χ1v) is 6.44. The molecule has 3 atom stereocenters. The molecule has 1 amide bonds. The molecule has 0 aliphatic carbocycles. The average Bonchev–Trinajstić information content (AvgIpc) is 2.41. The van der Waals surface area contributed by atoms with Crippen molar-refractivity contribution in [3.05, 3.63) is 0 Å². The van der Waals surface area contributed by atoms with Crippen molar-refractivity contribution >= 4 is 5.91 Å². The molecule has 4 nitrogen and oxygen atoms in total. The lowest BCUT2D eigenvalue weighted by molar-refractivity contribution is -0.127. The smallest absolute Gasteiger partial charge is 0.237 e. The van der Waals surface area contributed by atoms with Gasteiger partial charge in [-0.1, -0.05) is 6.92 Å². The number of carbonyl (C=O) groups excluding carboxylic acids is 1. The van der Waals surface area contributed by atoms with Crippen molar-refractivity contribution in [2.75, 3.05) is 19.6 Å². The van der Waals surface area contributed by atoms with E-state index in [0.717, 1.165) is 45.3 Å². The maximum atomic E-state index is 11.9. The Morgan fingerprint density at radius 1 is 1.38 bits per heavy atom. The molecule has 0 aromatic heterocycles. The van der Waals surface area contributed by atoms with E-state index in [-0.39, 0.29) is 18.0 Å². The van der Waals surface area contributed by atoms with Crippen molar-refractivity contribution in [3.8, 4) is 0 Å². The zero-order valence-electron chi connectivity index (χ0n) is 10.1. The van der Waals surface area contributed by atoms with Crippen molar-refractivity contribution in [2.24, 2.45) is 11.7 Å². The fraction of sp³-hybridized carbons (Fsp3) is 0.917. The summed E-state index contributed by atoms with van der Waals surface area (Å²) >= 11 is 0. The second-order valence-corrected chi connectivity index (χ2v) is 5.36. The summed E-state index contributed by atoms with van der Waals surface area (Å²) in [6, 6.07) is 0.302. The number of hydrogen-bond donors (Lipinski definition) is 2. The molecule has 0 radical (unpaired) electrons. The van der Waals surface area contributed by atoms with Crippen LogP contribution in [0.3, 0.4) is 0 Å². The lowest BCUT2D eigenvalue weighted by Gasteiger charge is -2.38. The first kappa shape index (κ1) is 11.9. The van der Waals surface area contributed by atoms with Crippen LogP contribution in [0.2, 0.25) is 0 Å². The standard InChI is InChI=1S/C12H23N3O/c1-9-6-10(13)8-15(7-9)11-4-2-3-5-14-12(11)16/h9-11H,2-8,13H2,1H3,(H,14,16). The zero-order valence-corrected chi connectivity index (χ0v) is 10.1. The Labute approximate surface area is 97.6 Å². The van der Waals surface area contributed by atoms with E-state index in [4.69, 9.17) is 5.73 Å². The monoisotopic (exact) mass is 225 g/mol. The van der Waals surface area contributed by atoms with Crippen molar-refractivity contribution in [3.63, 3.8) is 0 Å². The predicted octanol–water partition coefficient (Wildman–Crippen LogP) is 0.324. The van der Waals surface area contributed by atoms with Gasteiger partial charge in [-0.05, 0) is 31.6 Å². The topological polar surface area (TPSA) is 58.4 Å². The highest BCUT2D eigenvalue weighted by molar-refractivity contribution is 5.81. The lowest BCUT2D eigenvalue weighted by Crippen LogP contribution is -2.54. The SMILES string of the molecule is CC1CC(N)CN(C2CCCCNC2=O)C1. The van der Waals surface area contributed by atoms with Crippen LogP contribution in [0.4, 0.5) is 0 Å². The normalized spacial score (nSPS) is 37.9. The molecule has 2 aliphatic rings. The molecule has 0 bridgehead atoms. The number of nitrogens with two attached hydrogens (primary N) is 1. The quantitative estimate of drug-likeness (QED) is 0.676. The fourth-order valence-electron chi connectivity index (χ4n) is 2.97. The van der Waals surface area contributed by atoms with E-state index in [1.165, 1.54) is 0 Å². The molecule has 16 heavy (non-hydrogen) atoms. The summed E-state index contributed by atoms with van der Waals surface area (Å²) < 4.78 is 0. The van der Waals surface area contributed by atoms with E-state index in [9.17, 15) is 4.79 Å². The minimum atomic E-state index is 0.0660. The van der Waals surface area contributed by atoms with Gasteiger partial charge >= 0.3 is 0 Å². The van der Waals surface area contributed by atoms with Crippen LogP contribution in [0.5, 0.6) is 0 Å². The van der Waals surface area contributed by atoms with E-state index in [1.54, 1.807) is 0 Å². The Balaban J connectivity index is 2.01.